The molecule has 4 rings (SSSR count). The summed E-state index contributed by atoms with van der Waals surface area (Å²) in [5.74, 6) is 0.0368. The van der Waals surface area contributed by atoms with Gasteiger partial charge in [-0.05, 0) is 42.5 Å². The Labute approximate surface area is 188 Å². The monoisotopic (exact) mass is 465 g/mol. The van der Waals surface area contributed by atoms with E-state index in [2.05, 4.69) is 15.5 Å². The molecule has 2 amide bonds. The minimum Gasteiger partial charge on any atom is -0.508 e. The van der Waals surface area contributed by atoms with E-state index < -0.39 is 6.03 Å². The molecule has 1 heterocycles. The van der Waals surface area contributed by atoms with Crippen molar-refractivity contribution in [1.82, 2.24) is 0 Å². The molecule has 0 saturated carbocycles. The molecular formula is C21H18Cl3N3O3. The molecule has 3 N–H and O–H groups in total. The predicted octanol–water partition coefficient (Wildman–Crippen LogP) is 5.99. The van der Waals surface area contributed by atoms with Gasteiger partial charge in [-0.25, -0.2) is 4.79 Å². The van der Waals surface area contributed by atoms with Crippen molar-refractivity contribution in [1.29, 1.82) is 0 Å². The number of morpholine rings is 1. The summed E-state index contributed by atoms with van der Waals surface area (Å²) < 4.78 is 5.36. The lowest BCUT2D eigenvalue weighted by Gasteiger charge is -2.29. The third-order valence-corrected chi connectivity index (χ3v) is 5.73. The van der Waals surface area contributed by atoms with E-state index in [1.165, 1.54) is 12.1 Å². The van der Waals surface area contributed by atoms with Gasteiger partial charge in [-0.15, -0.1) is 0 Å². The van der Waals surface area contributed by atoms with Crippen LogP contribution in [0.25, 0.3) is 10.8 Å². The Morgan fingerprint density at radius 1 is 0.900 bits per heavy atom. The lowest BCUT2D eigenvalue weighted by Crippen LogP contribution is -2.36. The van der Waals surface area contributed by atoms with E-state index in [-0.39, 0.29) is 10.8 Å². The number of hydrogen-bond donors (Lipinski definition) is 3. The van der Waals surface area contributed by atoms with Gasteiger partial charge in [0.15, 0.2) is 0 Å². The highest BCUT2D eigenvalue weighted by Crippen LogP contribution is 2.38. The van der Waals surface area contributed by atoms with E-state index in [9.17, 15) is 9.90 Å². The van der Waals surface area contributed by atoms with Crippen LogP contribution in [-0.4, -0.2) is 37.4 Å². The van der Waals surface area contributed by atoms with Gasteiger partial charge in [-0.3, -0.25) is 0 Å². The fourth-order valence-corrected chi connectivity index (χ4v) is 4.27. The molecule has 1 aliphatic rings. The first-order valence-corrected chi connectivity index (χ1v) is 10.4. The van der Waals surface area contributed by atoms with Crippen LogP contribution in [0.15, 0.2) is 42.5 Å². The summed E-state index contributed by atoms with van der Waals surface area (Å²) in [6.07, 6.45) is 0. The summed E-state index contributed by atoms with van der Waals surface area (Å²) >= 11 is 18.9. The van der Waals surface area contributed by atoms with Crippen molar-refractivity contribution < 1.29 is 14.6 Å². The lowest BCUT2D eigenvalue weighted by atomic mass is 10.1. The predicted molar refractivity (Wildman–Crippen MR) is 123 cm³/mol. The van der Waals surface area contributed by atoms with Crippen LogP contribution in [0.4, 0.5) is 21.9 Å². The summed E-state index contributed by atoms with van der Waals surface area (Å²) in [5, 5.41) is 17.7. The number of rotatable bonds is 3. The van der Waals surface area contributed by atoms with Gasteiger partial charge in [0.1, 0.15) is 5.75 Å². The van der Waals surface area contributed by atoms with Crippen LogP contribution in [0.3, 0.4) is 0 Å². The van der Waals surface area contributed by atoms with Crippen LogP contribution in [0.2, 0.25) is 15.1 Å². The zero-order chi connectivity index (χ0) is 21.3. The van der Waals surface area contributed by atoms with Crippen LogP contribution in [0.5, 0.6) is 5.75 Å². The van der Waals surface area contributed by atoms with Gasteiger partial charge < -0.3 is 25.4 Å². The molecular weight excluding hydrogens is 449 g/mol. The Morgan fingerprint density at radius 3 is 2.40 bits per heavy atom. The van der Waals surface area contributed by atoms with Gasteiger partial charge in [0, 0.05) is 29.5 Å². The van der Waals surface area contributed by atoms with Gasteiger partial charge >= 0.3 is 6.03 Å². The third-order valence-electron chi connectivity index (χ3n) is 4.82. The Kier molecular flexibility index (Phi) is 6.11. The summed E-state index contributed by atoms with van der Waals surface area (Å²) in [6, 6.07) is 11.1. The fourth-order valence-electron chi connectivity index (χ4n) is 3.39. The zero-order valence-corrected chi connectivity index (χ0v) is 18.0. The summed E-state index contributed by atoms with van der Waals surface area (Å²) in [4.78, 5) is 14.7. The molecule has 0 atom stereocenters. The zero-order valence-electron chi connectivity index (χ0n) is 15.7. The number of phenolic OH excluding ortho intramolecular Hbond substituents is 1. The first kappa shape index (κ1) is 20.9. The first-order chi connectivity index (χ1) is 14.4. The molecule has 3 aromatic carbocycles. The van der Waals surface area contributed by atoms with Crippen LogP contribution in [0, 0.1) is 0 Å². The first-order valence-electron chi connectivity index (χ1n) is 9.23. The molecule has 0 radical (unpaired) electrons. The lowest BCUT2D eigenvalue weighted by molar-refractivity contribution is 0.122. The molecule has 1 aliphatic heterocycles. The highest BCUT2D eigenvalue weighted by atomic mass is 35.5. The maximum Gasteiger partial charge on any atom is 0.323 e. The standard InChI is InChI=1S/C21H18Cl3N3O3/c22-16-11-18(24)20(15-10-13(28)2-3-14(15)16)26-21(29)25-12-1-4-19(17(23)9-12)27-5-7-30-8-6-27/h1-4,9-11,28H,5-8H2,(H2,25,26,29). The number of anilines is 3. The number of aromatic hydroxyl groups is 1. The van der Waals surface area contributed by atoms with Gasteiger partial charge in [-0.2, -0.15) is 0 Å². The molecule has 9 heteroatoms. The second-order valence-corrected chi connectivity index (χ2v) is 8.01. The maximum absolute atomic E-state index is 12.6. The molecule has 0 bridgehead atoms. The number of phenols is 1. The Bertz CT molecular complexity index is 1120. The molecule has 156 valence electrons. The van der Waals surface area contributed by atoms with Gasteiger partial charge in [0.25, 0.3) is 0 Å². The summed E-state index contributed by atoms with van der Waals surface area (Å²) in [7, 11) is 0. The number of halogens is 3. The largest absolute Gasteiger partial charge is 0.508 e. The second-order valence-electron chi connectivity index (χ2n) is 6.79. The summed E-state index contributed by atoms with van der Waals surface area (Å²) in [5.41, 5.74) is 1.78. The SMILES string of the molecule is O=C(Nc1ccc(N2CCOCC2)c(Cl)c1)Nc1c(Cl)cc(Cl)c2ccc(O)cc12. The van der Waals surface area contributed by atoms with Crippen molar-refractivity contribution >= 4 is 68.7 Å². The van der Waals surface area contributed by atoms with Crippen molar-refractivity contribution in [2.24, 2.45) is 0 Å². The Morgan fingerprint density at radius 2 is 1.67 bits per heavy atom. The van der Waals surface area contributed by atoms with Crippen LogP contribution < -0.4 is 15.5 Å². The topological polar surface area (TPSA) is 73.8 Å². The minimum absolute atomic E-state index is 0.0368. The number of ether oxygens (including phenoxy) is 1. The van der Waals surface area contributed by atoms with E-state index in [4.69, 9.17) is 39.5 Å². The van der Waals surface area contributed by atoms with Gasteiger partial charge in [-0.1, -0.05) is 34.8 Å². The molecule has 30 heavy (non-hydrogen) atoms. The van der Waals surface area contributed by atoms with Crippen molar-refractivity contribution in [3.8, 4) is 5.75 Å². The van der Waals surface area contributed by atoms with E-state index in [0.29, 0.717) is 45.4 Å². The van der Waals surface area contributed by atoms with Crippen molar-refractivity contribution in [2.75, 3.05) is 41.8 Å². The number of carbonyl (C=O) groups is 1. The van der Waals surface area contributed by atoms with Gasteiger partial charge in [0.2, 0.25) is 0 Å². The summed E-state index contributed by atoms with van der Waals surface area (Å²) in [6.45, 7) is 2.85. The number of nitrogens with zero attached hydrogens (tertiary/aromatic N) is 1. The van der Waals surface area contributed by atoms with E-state index >= 15 is 0 Å². The van der Waals surface area contributed by atoms with E-state index in [1.807, 2.05) is 6.07 Å². The number of carbonyl (C=O) groups excluding carboxylic acids is 1. The Hall–Kier alpha value is -2.38. The quantitative estimate of drug-likeness (QED) is 0.443. The number of benzene rings is 3. The number of fused-ring (bicyclic) bond motifs is 1. The smallest absolute Gasteiger partial charge is 0.323 e. The fraction of sp³-hybridized carbons (Fsp3) is 0.190. The second kappa shape index (κ2) is 8.78. The highest BCUT2D eigenvalue weighted by molar-refractivity contribution is 6.41. The molecule has 0 aliphatic carbocycles. The molecule has 0 aromatic heterocycles. The average molecular weight is 467 g/mol. The van der Waals surface area contributed by atoms with E-state index in [0.717, 1.165) is 18.8 Å². The van der Waals surface area contributed by atoms with Crippen LogP contribution >= 0.6 is 34.8 Å². The number of hydrogen-bond acceptors (Lipinski definition) is 4. The average Bonchev–Trinajstić information content (AvgIpc) is 2.71. The molecule has 6 nitrogen and oxygen atoms in total. The van der Waals surface area contributed by atoms with Crippen molar-refractivity contribution in [3.05, 3.63) is 57.5 Å². The number of nitrogens with one attached hydrogen (secondary N) is 2. The Balaban J connectivity index is 1.54. The molecule has 3 aromatic rings. The van der Waals surface area contributed by atoms with Gasteiger partial charge in [0.05, 0.1) is 39.7 Å². The van der Waals surface area contributed by atoms with Crippen molar-refractivity contribution in [3.63, 3.8) is 0 Å². The number of urea groups is 1. The minimum atomic E-state index is -0.501. The van der Waals surface area contributed by atoms with E-state index in [1.54, 1.807) is 24.3 Å². The third kappa shape index (κ3) is 4.37. The molecule has 0 spiro atoms. The maximum atomic E-state index is 12.6. The molecule has 1 fully saturated rings. The normalized spacial score (nSPS) is 14.0. The van der Waals surface area contributed by atoms with Crippen LogP contribution in [0.1, 0.15) is 0 Å². The van der Waals surface area contributed by atoms with Crippen molar-refractivity contribution in [2.45, 2.75) is 0 Å². The molecule has 0 unspecified atom stereocenters. The molecule has 1 saturated heterocycles. The number of amides is 2. The van der Waals surface area contributed by atoms with Crippen LogP contribution in [-0.2, 0) is 4.74 Å². The highest BCUT2D eigenvalue weighted by Gasteiger charge is 2.16.